The van der Waals surface area contributed by atoms with E-state index >= 15 is 0 Å². The minimum Gasteiger partial charge on any atom is -0.258 e. The molecule has 4 heteroatoms. The van der Waals surface area contributed by atoms with Crippen molar-refractivity contribution in [3.05, 3.63) is 39.4 Å². The lowest BCUT2D eigenvalue weighted by atomic mass is 9.95. The van der Waals surface area contributed by atoms with E-state index in [-0.39, 0.29) is 11.6 Å². The van der Waals surface area contributed by atoms with Crippen LogP contribution in [0, 0.1) is 16.0 Å². The molecule has 1 unspecified atom stereocenters. The minimum atomic E-state index is -0.498. The van der Waals surface area contributed by atoms with E-state index in [1.165, 1.54) is 6.07 Å². The first kappa shape index (κ1) is 13.6. The molecule has 1 aromatic carbocycles. The number of benzene rings is 1. The molecule has 0 bridgehead atoms. The standard InChI is InChI=1S/C13H18FNO2/c1-9(2)4-11-5-12(10(3)8-14)7-13(6-11)15(16)17/h5-7,9-10H,4,8H2,1-3H3. The number of hydrogen-bond acceptors (Lipinski definition) is 2. The van der Waals surface area contributed by atoms with Crippen LogP contribution in [0.4, 0.5) is 10.1 Å². The summed E-state index contributed by atoms with van der Waals surface area (Å²) in [6.07, 6.45) is 0.772. The maximum Gasteiger partial charge on any atom is 0.269 e. The molecule has 0 aliphatic heterocycles. The fourth-order valence-electron chi connectivity index (χ4n) is 1.77. The van der Waals surface area contributed by atoms with Gasteiger partial charge in [0.15, 0.2) is 0 Å². The molecule has 0 saturated heterocycles. The molecule has 94 valence electrons. The summed E-state index contributed by atoms with van der Waals surface area (Å²) in [6, 6.07) is 4.92. The van der Waals surface area contributed by atoms with Crippen LogP contribution in [-0.4, -0.2) is 11.6 Å². The second-order valence-corrected chi connectivity index (χ2v) is 4.84. The molecule has 0 fully saturated rings. The highest BCUT2D eigenvalue weighted by molar-refractivity contribution is 5.41. The normalized spacial score (nSPS) is 12.8. The number of nitro benzene ring substituents is 1. The van der Waals surface area contributed by atoms with E-state index in [0.717, 1.165) is 12.0 Å². The molecule has 3 nitrogen and oxygen atoms in total. The molecule has 0 radical (unpaired) electrons. The lowest BCUT2D eigenvalue weighted by Crippen LogP contribution is -2.02. The Balaban J connectivity index is 3.13. The number of nitro groups is 1. The zero-order valence-electron chi connectivity index (χ0n) is 10.4. The Morgan fingerprint density at radius 3 is 2.41 bits per heavy atom. The summed E-state index contributed by atoms with van der Waals surface area (Å²) in [6.45, 7) is 5.34. The number of alkyl halides is 1. The van der Waals surface area contributed by atoms with Crippen LogP contribution in [0.1, 0.15) is 37.8 Å². The number of rotatable bonds is 5. The first-order chi connectivity index (χ1) is 7.93. The Labute approximate surface area is 101 Å². The van der Waals surface area contributed by atoms with Gasteiger partial charge in [0.1, 0.15) is 0 Å². The van der Waals surface area contributed by atoms with Crippen LogP contribution in [0.25, 0.3) is 0 Å². The Kier molecular flexibility index (Phi) is 4.61. The third-order valence-electron chi connectivity index (χ3n) is 2.66. The van der Waals surface area contributed by atoms with E-state index in [2.05, 4.69) is 13.8 Å². The van der Waals surface area contributed by atoms with Gasteiger partial charge in [-0.2, -0.15) is 0 Å². The van der Waals surface area contributed by atoms with Gasteiger partial charge in [0.2, 0.25) is 0 Å². The molecule has 0 aromatic heterocycles. The van der Waals surface area contributed by atoms with Gasteiger partial charge in [0.05, 0.1) is 11.6 Å². The van der Waals surface area contributed by atoms with Crippen molar-refractivity contribution in [2.24, 2.45) is 5.92 Å². The molecule has 1 rings (SSSR count). The summed E-state index contributed by atoms with van der Waals surface area (Å²) >= 11 is 0. The molecule has 0 aliphatic carbocycles. The largest absolute Gasteiger partial charge is 0.269 e. The van der Waals surface area contributed by atoms with Crippen molar-refractivity contribution in [3.8, 4) is 0 Å². The van der Waals surface area contributed by atoms with E-state index < -0.39 is 11.6 Å². The third-order valence-corrected chi connectivity index (χ3v) is 2.66. The van der Waals surface area contributed by atoms with E-state index in [0.29, 0.717) is 11.5 Å². The Bertz CT molecular complexity index is 404. The fourth-order valence-corrected chi connectivity index (χ4v) is 1.77. The molecule has 0 aliphatic rings. The van der Waals surface area contributed by atoms with Crippen LogP contribution >= 0.6 is 0 Å². The van der Waals surface area contributed by atoms with Crippen molar-refractivity contribution < 1.29 is 9.31 Å². The van der Waals surface area contributed by atoms with Crippen molar-refractivity contribution in [2.45, 2.75) is 33.1 Å². The Morgan fingerprint density at radius 2 is 1.94 bits per heavy atom. The predicted octanol–water partition coefficient (Wildman–Crippen LogP) is 3.87. The van der Waals surface area contributed by atoms with Gasteiger partial charge < -0.3 is 0 Å². The summed E-state index contributed by atoms with van der Waals surface area (Å²) in [4.78, 5) is 10.4. The second-order valence-electron chi connectivity index (χ2n) is 4.84. The monoisotopic (exact) mass is 239 g/mol. The number of nitrogens with zero attached hydrogens (tertiary/aromatic N) is 1. The summed E-state index contributed by atoms with van der Waals surface area (Å²) < 4.78 is 12.6. The highest BCUT2D eigenvalue weighted by Gasteiger charge is 2.14. The first-order valence-corrected chi connectivity index (χ1v) is 5.78. The van der Waals surface area contributed by atoms with Gasteiger partial charge in [-0.3, -0.25) is 14.5 Å². The first-order valence-electron chi connectivity index (χ1n) is 5.78. The van der Waals surface area contributed by atoms with Gasteiger partial charge in [0, 0.05) is 18.1 Å². The van der Waals surface area contributed by atoms with E-state index in [4.69, 9.17) is 0 Å². The molecule has 0 N–H and O–H groups in total. The number of non-ortho nitro benzene ring substituents is 1. The Morgan fingerprint density at radius 1 is 1.29 bits per heavy atom. The smallest absolute Gasteiger partial charge is 0.258 e. The van der Waals surface area contributed by atoms with Crippen LogP contribution in [0.5, 0.6) is 0 Å². The van der Waals surface area contributed by atoms with Crippen molar-refractivity contribution in [2.75, 3.05) is 6.67 Å². The van der Waals surface area contributed by atoms with Crippen molar-refractivity contribution in [1.82, 2.24) is 0 Å². The van der Waals surface area contributed by atoms with Crippen LogP contribution in [-0.2, 0) is 6.42 Å². The summed E-state index contributed by atoms with van der Waals surface area (Å²) in [5.41, 5.74) is 1.67. The molecule has 0 heterocycles. The van der Waals surface area contributed by atoms with Crippen molar-refractivity contribution >= 4 is 5.69 Å². The number of halogens is 1. The maximum absolute atomic E-state index is 12.6. The second kappa shape index (κ2) is 5.75. The number of hydrogen-bond donors (Lipinski definition) is 0. The fraction of sp³-hybridized carbons (Fsp3) is 0.538. The minimum absolute atomic E-state index is 0.0541. The SMILES string of the molecule is CC(C)Cc1cc(C(C)CF)cc([N+](=O)[O-])c1. The quantitative estimate of drug-likeness (QED) is 0.578. The summed E-state index contributed by atoms with van der Waals surface area (Å²) in [5.74, 6) is 0.131. The van der Waals surface area contributed by atoms with E-state index in [1.54, 1.807) is 13.0 Å². The van der Waals surface area contributed by atoms with E-state index in [1.807, 2.05) is 6.07 Å². The topological polar surface area (TPSA) is 43.1 Å². The molecule has 1 atom stereocenters. The molecular formula is C13H18FNO2. The zero-order chi connectivity index (χ0) is 13.0. The van der Waals surface area contributed by atoms with Crippen LogP contribution in [0.15, 0.2) is 18.2 Å². The Hall–Kier alpha value is -1.45. The molecule has 0 amide bonds. The van der Waals surface area contributed by atoms with Crippen molar-refractivity contribution in [1.29, 1.82) is 0 Å². The van der Waals surface area contributed by atoms with Gasteiger partial charge >= 0.3 is 0 Å². The molecule has 0 spiro atoms. The zero-order valence-corrected chi connectivity index (χ0v) is 10.4. The lowest BCUT2D eigenvalue weighted by molar-refractivity contribution is -0.385. The van der Waals surface area contributed by atoms with Crippen molar-refractivity contribution in [3.63, 3.8) is 0 Å². The van der Waals surface area contributed by atoms with E-state index in [9.17, 15) is 14.5 Å². The van der Waals surface area contributed by atoms with Gasteiger partial charge in [-0.05, 0) is 23.5 Å². The van der Waals surface area contributed by atoms with Gasteiger partial charge in [-0.25, -0.2) is 0 Å². The van der Waals surface area contributed by atoms with Gasteiger partial charge in [0.25, 0.3) is 5.69 Å². The molecule has 1 aromatic rings. The van der Waals surface area contributed by atoms with Crippen LogP contribution in [0.2, 0.25) is 0 Å². The molecule has 17 heavy (non-hydrogen) atoms. The average molecular weight is 239 g/mol. The van der Waals surface area contributed by atoms with Gasteiger partial charge in [-0.15, -0.1) is 0 Å². The van der Waals surface area contributed by atoms with Crippen LogP contribution in [0.3, 0.4) is 0 Å². The molecule has 0 saturated carbocycles. The average Bonchev–Trinajstić information content (AvgIpc) is 2.26. The summed E-state index contributed by atoms with van der Waals surface area (Å²) in [7, 11) is 0. The van der Waals surface area contributed by atoms with Crippen LogP contribution < -0.4 is 0 Å². The summed E-state index contributed by atoms with van der Waals surface area (Å²) in [5, 5.41) is 10.8. The molecular weight excluding hydrogens is 221 g/mol. The third kappa shape index (κ3) is 3.80. The lowest BCUT2D eigenvalue weighted by Gasteiger charge is -2.11. The highest BCUT2D eigenvalue weighted by atomic mass is 19.1. The van der Waals surface area contributed by atoms with Gasteiger partial charge in [-0.1, -0.05) is 26.8 Å². The highest BCUT2D eigenvalue weighted by Crippen LogP contribution is 2.25. The maximum atomic E-state index is 12.6. The predicted molar refractivity (Wildman–Crippen MR) is 66.0 cm³/mol.